The second-order valence-electron chi connectivity index (χ2n) is 6.63. The Morgan fingerprint density at radius 3 is 2.39 bits per heavy atom. The minimum atomic E-state index is -1.55. The molecule has 3 aromatic rings. The minimum absolute atomic E-state index is 0.153. The highest BCUT2D eigenvalue weighted by Gasteiger charge is 2.17. The van der Waals surface area contributed by atoms with Crippen LogP contribution < -0.4 is 10.1 Å². The molecule has 0 aliphatic carbocycles. The Bertz CT molecular complexity index is 1010. The molecule has 1 aromatic heterocycles. The monoisotopic (exact) mass is 397 g/mol. The Balaban J connectivity index is 1.72. The number of benzene rings is 2. The molecule has 0 fully saturated rings. The van der Waals surface area contributed by atoms with Gasteiger partial charge in [0.15, 0.2) is 5.16 Å². The normalized spacial score (nSPS) is 11.9. The highest BCUT2D eigenvalue weighted by atomic mass is 32.2. The maximum Gasteiger partial charge on any atom is 0.237 e. The summed E-state index contributed by atoms with van der Waals surface area (Å²) in [7, 11) is 1.85. The van der Waals surface area contributed by atoms with Gasteiger partial charge in [0.25, 0.3) is 0 Å². The van der Waals surface area contributed by atoms with Crippen molar-refractivity contribution in [1.29, 1.82) is 0 Å². The number of aryl methyl sites for hydroxylation is 2. The van der Waals surface area contributed by atoms with Crippen LogP contribution in [-0.4, -0.2) is 32.5 Å². The highest BCUT2D eigenvalue weighted by molar-refractivity contribution is 7.85. The van der Waals surface area contributed by atoms with E-state index in [4.69, 9.17) is 4.74 Å². The fourth-order valence-corrected chi connectivity index (χ4v) is 4.08. The van der Waals surface area contributed by atoms with Gasteiger partial charge < -0.3 is 14.6 Å². The van der Waals surface area contributed by atoms with Crippen molar-refractivity contribution in [2.45, 2.75) is 19.0 Å². The number of rotatable bonds is 6. The van der Waals surface area contributed by atoms with E-state index in [1.165, 1.54) is 0 Å². The molecule has 0 unspecified atom stereocenters. The van der Waals surface area contributed by atoms with Crippen molar-refractivity contribution in [2.75, 3.05) is 18.2 Å². The van der Waals surface area contributed by atoms with Crippen molar-refractivity contribution in [2.24, 2.45) is 7.05 Å². The first kappa shape index (κ1) is 19.8. The molecular weight excluding hydrogens is 374 g/mol. The molecule has 6 nitrogen and oxygen atoms in total. The summed E-state index contributed by atoms with van der Waals surface area (Å²) in [6.07, 6.45) is 1.66. The second-order valence-corrected chi connectivity index (χ2v) is 7.97. The molecule has 7 heteroatoms. The van der Waals surface area contributed by atoms with Crippen molar-refractivity contribution >= 4 is 22.4 Å². The van der Waals surface area contributed by atoms with Crippen LogP contribution in [-0.2, 0) is 22.6 Å². The minimum Gasteiger partial charge on any atom is -0.497 e. The first-order valence-corrected chi connectivity index (χ1v) is 10.1. The molecule has 146 valence electrons. The molecule has 0 saturated carbocycles. The Hall–Kier alpha value is -2.93. The van der Waals surface area contributed by atoms with Gasteiger partial charge in [0, 0.05) is 18.3 Å². The Morgan fingerprint density at radius 2 is 1.79 bits per heavy atom. The molecule has 0 bridgehead atoms. The predicted octanol–water partition coefficient (Wildman–Crippen LogP) is 3.46. The van der Waals surface area contributed by atoms with Crippen LogP contribution in [0.3, 0.4) is 0 Å². The molecule has 1 atom stereocenters. The van der Waals surface area contributed by atoms with Crippen LogP contribution in [0.2, 0.25) is 0 Å². The number of carbonyl (C=O) groups is 1. The highest BCUT2D eigenvalue weighted by Crippen LogP contribution is 2.24. The lowest BCUT2D eigenvalue weighted by molar-refractivity contribution is -0.113. The number of carbonyl (C=O) groups excluding carboxylic acids is 1. The number of anilines is 1. The van der Waals surface area contributed by atoms with Crippen LogP contribution in [0.1, 0.15) is 11.1 Å². The van der Waals surface area contributed by atoms with Crippen LogP contribution >= 0.6 is 0 Å². The third-order valence-electron chi connectivity index (χ3n) is 4.30. The van der Waals surface area contributed by atoms with E-state index in [2.05, 4.69) is 10.3 Å². The summed E-state index contributed by atoms with van der Waals surface area (Å²) in [5.74, 6) is 0.301. The number of imidazole rings is 1. The molecule has 3 rings (SSSR count). The smallest absolute Gasteiger partial charge is 0.237 e. The van der Waals surface area contributed by atoms with E-state index in [0.717, 1.165) is 28.1 Å². The first-order valence-electron chi connectivity index (χ1n) is 8.80. The SMILES string of the molecule is COc1ccc(-c2cnc([S@](=O)CC(=O)Nc3cc(C)cc(C)c3)n2C)cc1. The van der Waals surface area contributed by atoms with E-state index in [1.807, 2.05) is 56.3 Å². The number of ether oxygens (including phenoxy) is 1. The molecule has 0 saturated heterocycles. The van der Waals surface area contributed by atoms with Gasteiger partial charge in [-0.05, 0) is 61.4 Å². The lowest BCUT2D eigenvalue weighted by atomic mass is 10.1. The Kier molecular flexibility index (Phi) is 5.94. The number of hydrogen-bond donors (Lipinski definition) is 1. The van der Waals surface area contributed by atoms with Gasteiger partial charge >= 0.3 is 0 Å². The molecule has 0 aliphatic heterocycles. The maximum absolute atomic E-state index is 12.7. The Morgan fingerprint density at radius 1 is 1.14 bits per heavy atom. The van der Waals surface area contributed by atoms with Crippen LogP contribution in [0.5, 0.6) is 5.75 Å². The second kappa shape index (κ2) is 8.39. The van der Waals surface area contributed by atoms with Crippen molar-refractivity contribution < 1.29 is 13.7 Å². The average molecular weight is 398 g/mol. The lowest BCUT2D eigenvalue weighted by Gasteiger charge is -2.09. The summed E-state index contributed by atoms with van der Waals surface area (Å²) in [6, 6.07) is 13.3. The third-order valence-corrected chi connectivity index (χ3v) is 5.61. The molecule has 1 heterocycles. The number of nitrogens with one attached hydrogen (secondary N) is 1. The summed E-state index contributed by atoms with van der Waals surface area (Å²) in [5, 5.41) is 3.17. The van der Waals surface area contributed by atoms with E-state index in [9.17, 15) is 9.00 Å². The van der Waals surface area contributed by atoms with Crippen LogP contribution in [0.4, 0.5) is 5.69 Å². The largest absolute Gasteiger partial charge is 0.497 e. The summed E-state index contributed by atoms with van der Waals surface area (Å²) in [5.41, 5.74) is 4.58. The average Bonchev–Trinajstić information content (AvgIpc) is 3.02. The summed E-state index contributed by atoms with van der Waals surface area (Å²) in [6.45, 7) is 3.94. The quantitative estimate of drug-likeness (QED) is 0.691. The van der Waals surface area contributed by atoms with Gasteiger partial charge in [0.05, 0.1) is 29.8 Å². The first-order chi connectivity index (χ1) is 13.4. The van der Waals surface area contributed by atoms with Gasteiger partial charge in [-0.1, -0.05) is 6.07 Å². The molecule has 0 spiro atoms. The number of hydrogen-bond acceptors (Lipinski definition) is 4. The third kappa shape index (κ3) is 4.48. The van der Waals surface area contributed by atoms with Crippen LogP contribution in [0, 0.1) is 13.8 Å². The number of nitrogens with zero attached hydrogens (tertiary/aromatic N) is 2. The number of aromatic nitrogens is 2. The maximum atomic E-state index is 12.7. The zero-order valence-corrected chi connectivity index (χ0v) is 17.2. The van der Waals surface area contributed by atoms with Gasteiger partial charge in [-0.15, -0.1) is 0 Å². The topological polar surface area (TPSA) is 73.2 Å². The molecule has 2 aromatic carbocycles. The fraction of sp³-hybridized carbons (Fsp3) is 0.238. The van der Waals surface area contributed by atoms with E-state index < -0.39 is 10.8 Å². The predicted molar refractivity (Wildman–Crippen MR) is 111 cm³/mol. The molecule has 0 radical (unpaired) electrons. The van der Waals surface area contributed by atoms with E-state index in [0.29, 0.717) is 10.8 Å². The van der Waals surface area contributed by atoms with Gasteiger partial charge in [-0.2, -0.15) is 0 Å². The zero-order chi connectivity index (χ0) is 20.3. The summed E-state index contributed by atoms with van der Waals surface area (Å²) in [4.78, 5) is 16.6. The summed E-state index contributed by atoms with van der Waals surface area (Å²) < 4.78 is 19.6. The van der Waals surface area contributed by atoms with Crippen molar-refractivity contribution in [1.82, 2.24) is 9.55 Å². The van der Waals surface area contributed by atoms with Crippen LogP contribution in [0.15, 0.2) is 53.8 Å². The van der Waals surface area contributed by atoms with Crippen molar-refractivity contribution in [3.8, 4) is 17.0 Å². The molecule has 28 heavy (non-hydrogen) atoms. The molecule has 0 aliphatic rings. The molecule has 1 N–H and O–H groups in total. The van der Waals surface area contributed by atoms with Crippen LogP contribution in [0.25, 0.3) is 11.3 Å². The number of amides is 1. The summed E-state index contributed by atoms with van der Waals surface area (Å²) >= 11 is 0. The van der Waals surface area contributed by atoms with Gasteiger partial charge in [-0.3, -0.25) is 9.00 Å². The molecular formula is C21H23N3O3S. The van der Waals surface area contributed by atoms with Gasteiger partial charge in [-0.25, -0.2) is 4.98 Å². The standard InChI is InChI=1S/C21H23N3O3S/c1-14-9-15(2)11-17(10-14)23-20(25)13-28(26)21-22-12-19(24(21)3)16-5-7-18(27-4)8-6-16/h5-12H,13H2,1-4H3,(H,23,25)/t28-/m1/s1. The van der Waals surface area contributed by atoms with Gasteiger partial charge in [0.1, 0.15) is 11.5 Å². The molecule has 1 amide bonds. The lowest BCUT2D eigenvalue weighted by Crippen LogP contribution is -2.21. The van der Waals surface area contributed by atoms with E-state index >= 15 is 0 Å². The van der Waals surface area contributed by atoms with E-state index in [-0.39, 0.29) is 11.7 Å². The number of methoxy groups -OCH3 is 1. The van der Waals surface area contributed by atoms with Gasteiger partial charge in [0.2, 0.25) is 5.91 Å². The fourth-order valence-electron chi connectivity index (χ4n) is 3.06. The zero-order valence-electron chi connectivity index (χ0n) is 16.4. The Labute approximate surface area is 167 Å². The van der Waals surface area contributed by atoms with Crippen molar-refractivity contribution in [3.63, 3.8) is 0 Å². The van der Waals surface area contributed by atoms with Crippen molar-refractivity contribution in [3.05, 3.63) is 59.8 Å². The van der Waals surface area contributed by atoms with E-state index in [1.54, 1.807) is 24.9 Å².